The molecule has 1 heterocycles. The van der Waals surface area contributed by atoms with Crippen molar-refractivity contribution < 1.29 is 4.74 Å². The summed E-state index contributed by atoms with van der Waals surface area (Å²) >= 11 is 5.87. The molecule has 0 unspecified atom stereocenters. The average Bonchev–Trinajstić information content (AvgIpc) is 2.27. The van der Waals surface area contributed by atoms with Gasteiger partial charge in [-0.3, -0.25) is 0 Å². The van der Waals surface area contributed by atoms with Gasteiger partial charge in [0.25, 0.3) is 0 Å². The number of ether oxygens (including phenoxy) is 1. The van der Waals surface area contributed by atoms with Gasteiger partial charge in [-0.1, -0.05) is 11.6 Å². The molecule has 17 heavy (non-hydrogen) atoms. The molecule has 2 N–H and O–H groups in total. The minimum Gasteiger partial charge on any atom is -0.439 e. The SMILES string of the molecule is Cc1cnc(Oc2ccc(Cl)cc2C)cc1N. The minimum atomic E-state index is 0.485. The van der Waals surface area contributed by atoms with Crippen molar-refractivity contribution in [2.24, 2.45) is 0 Å². The van der Waals surface area contributed by atoms with Crippen molar-refractivity contribution in [2.45, 2.75) is 13.8 Å². The lowest BCUT2D eigenvalue weighted by Gasteiger charge is -2.09. The maximum Gasteiger partial charge on any atom is 0.221 e. The number of nitrogens with zero attached hydrogens (tertiary/aromatic N) is 1. The Morgan fingerprint density at radius 2 is 1.94 bits per heavy atom. The second-order valence-electron chi connectivity index (χ2n) is 3.89. The van der Waals surface area contributed by atoms with Crippen LogP contribution in [0.25, 0.3) is 0 Å². The first kappa shape index (κ1) is 11.7. The fraction of sp³-hybridized carbons (Fsp3) is 0.154. The summed E-state index contributed by atoms with van der Waals surface area (Å²) in [4.78, 5) is 4.16. The highest BCUT2D eigenvalue weighted by Crippen LogP contribution is 2.27. The predicted molar refractivity (Wildman–Crippen MR) is 69.6 cm³/mol. The monoisotopic (exact) mass is 248 g/mol. The highest BCUT2D eigenvalue weighted by atomic mass is 35.5. The molecule has 0 radical (unpaired) electrons. The molecule has 0 atom stereocenters. The molecule has 0 saturated heterocycles. The first-order chi connectivity index (χ1) is 8.06. The second-order valence-corrected chi connectivity index (χ2v) is 4.33. The van der Waals surface area contributed by atoms with Gasteiger partial charge in [0.1, 0.15) is 5.75 Å². The van der Waals surface area contributed by atoms with Gasteiger partial charge in [-0.05, 0) is 43.2 Å². The second kappa shape index (κ2) is 4.63. The first-order valence-electron chi connectivity index (χ1n) is 5.22. The fourth-order valence-electron chi connectivity index (χ4n) is 1.41. The number of halogens is 1. The fourth-order valence-corrected chi connectivity index (χ4v) is 1.64. The van der Waals surface area contributed by atoms with Crippen LogP contribution in [-0.4, -0.2) is 4.98 Å². The molecule has 0 amide bonds. The molecular formula is C13H13ClN2O. The van der Waals surface area contributed by atoms with Crippen molar-refractivity contribution in [3.8, 4) is 11.6 Å². The normalized spacial score (nSPS) is 10.3. The van der Waals surface area contributed by atoms with E-state index in [-0.39, 0.29) is 0 Å². The Balaban J connectivity index is 2.28. The number of anilines is 1. The van der Waals surface area contributed by atoms with Gasteiger partial charge in [0, 0.05) is 23.0 Å². The molecule has 0 aliphatic rings. The molecule has 1 aromatic heterocycles. The van der Waals surface area contributed by atoms with Crippen LogP contribution in [0.4, 0.5) is 5.69 Å². The van der Waals surface area contributed by atoms with E-state index in [1.54, 1.807) is 18.3 Å². The summed E-state index contributed by atoms with van der Waals surface area (Å²) in [7, 11) is 0. The molecule has 2 rings (SSSR count). The van der Waals surface area contributed by atoms with E-state index in [4.69, 9.17) is 22.1 Å². The lowest BCUT2D eigenvalue weighted by molar-refractivity contribution is 0.459. The lowest BCUT2D eigenvalue weighted by Crippen LogP contribution is -1.95. The van der Waals surface area contributed by atoms with E-state index in [0.717, 1.165) is 16.9 Å². The van der Waals surface area contributed by atoms with Crippen molar-refractivity contribution in [3.05, 3.63) is 46.6 Å². The van der Waals surface area contributed by atoms with E-state index in [9.17, 15) is 0 Å². The number of nitrogen functional groups attached to an aromatic ring is 1. The number of pyridine rings is 1. The van der Waals surface area contributed by atoms with Crippen LogP contribution in [0.2, 0.25) is 5.02 Å². The van der Waals surface area contributed by atoms with Crippen LogP contribution in [0.5, 0.6) is 11.6 Å². The third-order valence-electron chi connectivity index (χ3n) is 2.47. The summed E-state index contributed by atoms with van der Waals surface area (Å²) in [6.45, 7) is 3.83. The van der Waals surface area contributed by atoms with Gasteiger partial charge < -0.3 is 10.5 Å². The highest BCUT2D eigenvalue weighted by molar-refractivity contribution is 6.30. The molecule has 88 valence electrons. The van der Waals surface area contributed by atoms with Crippen LogP contribution < -0.4 is 10.5 Å². The molecule has 3 nitrogen and oxygen atoms in total. The summed E-state index contributed by atoms with van der Waals surface area (Å²) in [5.74, 6) is 1.21. The van der Waals surface area contributed by atoms with Gasteiger partial charge in [0.15, 0.2) is 0 Å². The maximum atomic E-state index is 5.87. The summed E-state index contributed by atoms with van der Waals surface area (Å²) in [6, 6.07) is 7.15. The lowest BCUT2D eigenvalue weighted by atomic mass is 10.2. The number of hydrogen-bond acceptors (Lipinski definition) is 3. The predicted octanol–water partition coefficient (Wildman–Crippen LogP) is 3.73. The summed E-state index contributed by atoms with van der Waals surface area (Å²) in [6.07, 6.45) is 1.69. The van der Waals surface area contributed by atoms with Crippen LogP contribution in [0.15, 0.2) is 30.5 Å². The Labute approximate surface area is 105 Å². The Morgan fingerprint density at radius 3 is 2.59 bits per heavy atom. The summed E-state index contributed by atoms with van der Waals surface area (Å²) in [5, 5.41) is 0.686. The first-order valence-corrected chi connectivity index (χ1v) is 5.60. The van der Waals surface area contributed by atoms with Crippen molar-refractivity contribution >= 4 is 17.3 Å². The number of rotatable bonds is 2. The van der Waals surface area contributed by atoms with Gasteiger partial charge in [0.2, 0.25) is 5.88 Å². The molecule has 0 aliphatic carbocycles. The molecule has 0 bridgehead atoms. The van der Waals surface area contributed by atoms with Crippen molar-refractivity contribution in [3.63, 3.8) is 0 Å². The molecule has 0 saturated carbocycles. The number of benzene rings is 1. The topological polar surface area (TPSA) is 48.1 Å². The van der Waals surface area contributed by atoms with Crippen molar-refractivity contribution in [1.82, 2.24) is 4.98 Å². The summed E-state index contributed by atoms with van der Waals surface area (Å²) < 4.78 is 5.65. The zero-order chi connectivity index (χ0) is 12.4. The van der Waals surface area contributed by atoms with Crippen LogP contribution >= 0.6 is 11.6 Å². The standard InChI is InChI=1S/C13H13ClN2O/c1-8-5-10(14)3-4-12(8)17-13-6-11(15)9(2)7-16-13/h3-7H,1-2H3,(H2,15,16). The van der Waals surface area contributed by atoms with Gasteiger partial charge in [-0.25, -0.2) is 4.98 Å². The molecule has 1 aromatic carbocycles. The number of aromatic nitrogens is 1. The Kier molecular flexibility index (Phi) is 3.20. The summed E-state index contributed by atoms with van der Waals surface area (Å²) in [5.41, 5.74) is 8.36. The van der Waals surface area contributed by atoms with Crippen LogP contribution in [0, 0.1) is 13.8 Å². The molecule has 0 spiro atoms. The Hall–Kier alpha value is -1.74. The van der Waals surface area contributed by atoms with Crippen molar-refractivity contribution in [2.75, 3.05) is 5.73 Å². The third-order valence-corrected chi connectivity index (χ3v) is 2.71. The molecule has 0 fully saturated rings. The third kappa shape index (κ3) is 2.68. The molecule has 4 heteroatoms. The molecule has 2 aromatic rings. The van der Waals surface area contributed by atoms with Crippen molar-refractivity contribution in [1.29, 1.82) is 0 Å². The smallest absolute Gasteiger partial charge is 0.221 e. The van der Waals surface area contributed by atoms with Gasteiger partial charge in [-0.15, -0.1) is 0 Å². The van der Waals surface area contributed by atoms with E-state index >= 15 is 0 Å². The average molecular weight is 249 g/mol. The van der Waals surface area contributed by atoms with E-state index in [1.807, 2.05) is 26.0 Å². The minimum absolute atomic E-state index is 0.485. The van der Waals surface area contributed by atoms with E-state index in [1.165, 1.54) is 0 Å². The van der Waals surface area contributed by atoms with Crippen LogP contribution in [-0.2, 0) is 0 Å². The zero-order valence-electron chi connectivity index (χ0n) is 9.70. The van der Waals surface area contributed by atoms with E-state index in [0.29, 0.717) is 16.6 Å². The molecule has 0 aliphatic heterocycles. The molecular weight excluding hydrogens is 236 g/mol. The largest absolute Gasteiger partial charge is 0.439 e. The van der Waals surface area contributed by atoms with Gasteiger partial charge in [-0.2, -0.15) is 0 Å². The van der Waals surface area contributed by atoms with Crippen LogP contribution in [0.3, 0.4) is 0 Å². The van der Waals surface area contributed by atoms with Gasteiger partial charge in [0.05, 0.1) is 0 Å². The number of hydrogen-bond donors (Lipinski definition) is 1. The Bertz CT molecular complexity index is 555. The van der Waals surface area contributed by atoms with E-state index in [2.05, 4.69) is 4.98 Å². The van der Waals surface area contributed by atoms with Gasteiger partial charge >= 0.3 is 0 Å². The zero-order valence-corrected chi connectivity index (χ0v) is 10.5. The Morgan fingerprint density at radius 1 is 1.18 bits per heavy atom. The van der Waals surface area contributed by atoms with E-state index < -0.39 is 0 Å². The highest BCUT2D eigenvalue weighted by Gasteiger charge is 2.04. The maximum absolute atomic E-state index is 5.87. The quantitative estimate of drug-likeness (QED) is 0.881. The van der Waals surface area contributed by atoms with Crippen LogP contribution in [0.1, 0.15) is 11.1 Å². The number of aryl methyl sites for hydroxylation is 2. The number of nitrogens with two attached hydrogens (primary N) is 1.